The van der Waals surface area contributed by atoms with Crippen LogP contribution < -0.4 is 5.32 Å². The number of hydrogen-bond acceptors (Lipinski definition) is 3. The highest BCUT2D eigenvalue weighted by Crippen LogP contribution is 2.29. The van der Waals surface area contributed by atoms with Gasteiger partial charge < -0.3 is 5.32 Å². The zero-order valence-corrected chi connectivity index (χ0v) is 15.0. The van der Waals surface area contributed by atoms with E-state index in [0.717, 1.165) is 32.7 Å². The fourth-order valence-corrected chi connectivity index (χ4v) is 3.16. The second-order valence-electron chi connectivity index (χ2n) is 4.63. The number of nitrogens with zero attached hydrogens (tertiary/aromatic N) is 1. The molecule has 0 saturated heterocycles. The zero-order valence-electron chi connectivity index (χ0n) is 11.2. The maximum absolute atomic E-state index is 6.14. The molecule has 1 heterocycles. The Morgan fingerprint density at radius 1 is 1.14 bits per heavy atom. The van der Waals surface area contributed by atoms with Crippen LogP contribution in [-0.4, -0.2) is 4.98 Å². The second-order valence-corrected chi connectivity index (χ2v) is 7.14. The van der Waals surface area contributed by atoms with Gasteiger partial charge in [-0.1, -0.05) is 29.8 Å². The van der Waals surface area contributed by atoms with Crippen molar-refractivity contribution in [2.45, 2.75) is 6.92 Å². The fraction of sp³-hybridized carbons (Fsp3) is 0.0625. The molecule has 0 saturated carbocycles. The number of rotatable bonds is 3. The molecule has 2 nitrogen and oxygen atoms in total. The molecule has 0 amide bonds. The maximum atomic E-state index is 6.14. The lowest BCUT2D eigenvalue weighted by Crippen LogP contribution is -1.90. The first-order valence-corrected chi connectivity index (χ1v) is 8.70. The largest absolute Gasteiger partial charge is 0.331 e. The van der Waals surface area contributed by atoms with Gasteiger partial charge in [-0.25, -0.2) is 4.98 Å². The minimum Gasteiger partial charge on any atom is -0.331 e. The number of halogens is 2. The van der Waals surface area contributed by atoms with Crippen LogP contribution in [0, 0.1) is 10.5 Å². The minimum absolute atomic E-state index is 0.759. The summed E-state index contributed by atoms with van der Waals surface area (Å²) in [6, 6.07) is 14.3. The standard InChI is InChI=1S/C16H12ClIN2S/c1-10-2-7-13(8-14(10)17)19-16-20-15(9-21-16)11-3-5-12(18)6-4-11/h2-9H,1H3,(H,19,20). The normalized spacial score (nSPS) is 10.6. The minimum atomic E-state index is 0.759. The van der Waals surface area contributed by atoms with Crippen LogP contribution in [0.1, 0.15) is 5.56 Å². The summed E-state index contributed by atoms with van der Waals surface area (Å²) in [6.45, 7) is 1.99. The first-order valence-electron chi connectivity index (χ1n) is 6.36. The maximum Gasteiger partial charge on any atom is 0.187 e. The summed E-state index contributed by atoms with van der Waals surface area (Å²) in [5.41, 5.74) is 4.13. The summed E-state index contributed by atoms with van der Waals surface area (Å²) in [6.07, 6.45) is 0. The van der Waals surface area contributed by atoms with Gasteiger partial charge in [-0.05, 0) is 59.3 Å². The van der Waals surface area contributed by atoms with E-state index in [9.17, 15) is 0 Å². The summed E-state index contributed by atoms with van der Waals surface area (Å²) in [4.78, 5) is 4.62. The van der Waals surface area contributed by atoms with Gasteiger partial charge in [0.25, 0.3) is 0 Å². The van der Waals surface area contributed by atoms with Crippen LogP contribution in [0.3, 0.4) is 0 Å². The average molecular weight is 427 g/mol. The third-order valence-corrected chi connectivity index (χ3v) is 4.95. The zero-order chi connectivity index (χ0) is 14.8. The van der Waals surface area contributed by atoms with Gasteiger partial charge in [0.1, 0.15) is 0 Å². The molecule has 0 aliphatic heterocycles. The molecule has 0 fully saturated rings. The molecule has 1 N–H and O–H groups in total. The molecule has 21 heavy (non-hydrogen) atoms. The molecule has 5 heteroatoms. The van der Waals surface area contributed by atoms with E-state index in [4.69, 9.17) is 11.6 Å². The summed E-state index contributed by atoms with van der Waals surface area (Å²) in [5.74, 6) is 0. The molecule has 3 aromatic rings. The first-order chi connectivity index (χ1) is 10.1. The molecule has 1 aromatic heterocycles. The van der Waals surface area contributed by atoms with E-state index in [-0.39, 0.29) is 0 Å². The van der Waals surface area contributed by atoms with E-state index in [1.165, 1.54) is 3.57 Å². The van der Waals surface area contributed by atoms with Crippen molar-refractivity contribution in [3.05, 3.63) is 62.0 Å². The number of benzene rings is 2. The van der Waals surface area contributed by atoms with Gasteiger partial charge >= 0.3 is 0 Å². The van der Waals surface area contributed by atoms with Crippen LogP contribution in [0.15, 0.2) is 47.8 Å². The van der Waals surface area contributed by atoms with Crippen molar-refractivity contribution in [2.75, 3.05) is 5.32 Å². The van der Waals surface area contributed by atoms with E-state index < -0.39 is 0 Å². The van der Waals surface area contributed by atoms with E-state index in [2.05, 4.69) is 62.5 Å². The highest BCUT2D eigenvalue weighted by molar-refractivity contribution is 14.1. The average Bonchev–Trinajstić information content (AvgIpc) is 2.92. The second kappa shape index (κ2) is 6.34. The Morgan fingerprint density at radius 2 is 1.90 bits per heavy atom. The lowest BCUT2D eigenvalue weighted by atomic mass is 10.2. The fourth-order valence-electron chi connectivity index (χ4n) is 1.88. The number of aryl methyl sites for hydroxylation is 1. The van der Waals surface area contributed by atoms with Gasteiger partial charge in [0.05, 0.1) is 5.69 Å². The number of nitrogens with one attached hydrogen (secondary N) is 1. The summed E-state index contributed by atoms with van der Waals surface area (Å²) in [5, 5.41) is 6.97. The topological polar surface area (TPSA) is 24.9 Å². The molecular weight excluding hydrogens is 415 g/mol. The number of anilines is 2. The predicted molar refractivity (Wildman–Crippen MR) is 99.7 cm³/mol. The lowest BCUT2D eigenvalue weighted by Gasteiger charge is -2.04. The molecule has 0 unspecified atom stereocenters. The molecule has 0 bridgehead atoms. The molecule has 3 rings (SSSR count). The lowest BCUT2D eigenvalue weighted by molar-refractivity contribution is 1.37. The third-order valence-electron chi connectivity index (χ3n) is 3.07. The van der Waals surface area contributed by atoms with Crippen molar-refractivity contribution in [3.63, 3.8) is 0 Å². The van der Waals surface area contributed by atoms with Crippen molar-refractivity contribution in [1.82, 2.24) is 4.98 Å². The SMILES string of the molecule is Cc1ccc(Nc2nc(-c3ccc(I)cc3)cs2)cc1Cl. The molecule has 106 valence electrons. The quantitative estimate of drug-likeness (QED) is 0.510. The Balaban J connectivity index is 1.81. The molecule has 0 radical (unpaired) electrons. The molecule has 2 aromatic carbocycles. The Labute approximate surface area is 146 Å². The van der Waals surface area contributed by atoms with Crippen LogP contribution in [-0.2, 0) is 0 Å². The van der Waals surface area contributed by atoms with E-state index >= 15 is 0 Å². The summed E-state index contributed by atoms with van der Waals surface area (Å²) in [7, 11) is 0. The Bertz CT molecular complexity index is 768. The van der Waals surface area contributed by atoms with Gasteiger partial charge in [-0.15, -0.1) is 11.3 Å². The van der Waals surface area contributed by atoms with Crippen molar-refractivity contribution >= 4 is 56.3 Å². The highest BCUT2D eigenvalue weighted by atomic mass is 127. The van der Waals surface area contributed by atoms with Crippen LogP contribution in [0.25, 0.3) is 11.3 Å². The number of aromatic nitrogens is 1. The van der Waals surface area contributed by atoms with Crippen molar-refractivity contribution in [3.8, 4) is 11.3 Å². The Morgan fingerprint density at radius 3 is 2.62 bits per heavy atom. The van der Waals surface area contributed by atoms with E-state index in [0.29, 0.717) is 0 Å². The summed E-state index contributed by atoms with van der Waals surface area (Å²) < 4.78 is 1.22. The van der Waals surface area contributed by atoms with Crippen molar-refractivity contribution < 1.29 is 0 Å². The van der Waals surface area contributed by atoms with Crippen LogP contribution in [0.5, 0.6) is 0 Å². The Kier molecular flexibility index (Phi) is 4.47. The molecule has 0 atom stereocenters. The van der Waals surface area contributed by atoms with Gasteiger partial charge in [-0.3, -0.25) is 0 Å². The Hall–Kier alpha value is -1.11. The molecular formula is C16H12ClIN2S. The van der Waals surface area contributed by atoms with Crippen LogP contribution in [0.4, 0.5) is 10.8 Å². The molecule has 0 spiro atoms. The highest BCUT2D eigenvalue weighted by Gasteiger charge is 2.05. The van der Waals surface area contributed by atoms with E-state index in [1.54, 1.807) is 11.3 Å². The van der Waals surface area contributed by atoms with Crippen LogP contribution >= 0.6 is 45.5 Å². The van der Waals surface area contributed by atoms with Gasteiger partial charge in [0.2, 0.25) is 0 Å². The van der Waals surface area contributed by atoms with Crippen LogP contribution in [0.2, 0.25) is 5.02 Å². The van der Waals surface area contributed by atoms with Crippen molar-refractivity contribution in [2.24, 2.45) is 0 Å². The van der Waals surface area contributed by atoms with Gasteiger partial charge in [0.15, 0.2) is 5.13 Å². The number of hydrogen-bond donors (Lipinski definition) is 1. The van der Waals surface area contributed by atoms with Gasteiger partial charge in [-0.2, -0.15) is 0 Å². The van der Waals surface area contributed by atoms with Gasteiger partial charge in [0, 0.05) is 25.2 Å². The molecule has 0 aliphatic rings. The molecule has 0 aliphatic carbocycles. The van der Waals surface area contributed by atoms with E-state index in [1.807, 2.05) is 25.1 Å². The number of thiazole rings is 1. The first kappa shape index (κ1) is 14.8. The smallest absolute Gasteiger partial charge is 0.187 e. The summed E-state index contributed by atoms with van der Waals surface area (Å²) >= 11 is 10.0. The predicted octanol–water partition coefficient (Wildman–Crippen LogP) is 6.12. The van der Waals surface area contributed by atoms with Crippen molar-refractivity contribution in [1.29, 1.82) is 0 Å². The third kappa shape index (κ3) is 3.56. The monoisotopic (exact) mass is 426 g/mol.